The molecule has 0 saturated carbocycles. The first kappa shape index (κ1) is 17.0. The van der Waals surface area contributed by atoms with Crippen molar-refractivity contribution in [1.29, 1.82) is 0 Å². The lowest BCUT2D eigenvalue weighted by Crippen LogP contribution is -2.24. The number of ether oxygens (including phenoxy) is 1. The molecule has 0 bridgehead atoms. The SMILES string of the molecule is CCNC(CCOCC(F)(F)F)c1ccc(C)c(C)c1. The van der Waals surface area contributed by atoms with Crippen LogP contribution in [0.4, 0.5) is 13.2 Å². The van der Waals surface area contributed by atoms with Gasteiger partial charge in [-0.3, -0.25) is 0 Å². The van der Waals surface area contributed by atoms with Crippen LogP contribution in [-0.2, 0) is 4.74 Å². The van der Waals surface area contributed by atoms with Gasteiger partial charge < -0.3 is 10.1 Å². The highest BCUT2D eigenvalue weighted by Crippen LogP contribution is 2.21. The highest BCUT2D eigenvalue weighted by Gasteiger charge is 2.27. The van der Waals surface area contributed by atoms with E-state index in [9.17, 15) is 13.2 Å². The summed E-state index contributed by atoms with van der Waals surface area (Å²) in [7, 11) is 0. The standard InChI is InChI=1S/C15H22F3NO/c1-4-19-14(7-8-20-10-15(16,17)18)13-6-5-11(2)12(3)9-13/h5-6,9,14,19H,4,7-8,10H2,1-3H3. The molecule has 0 aliphatic heterocycles. The van der Waals surface area contributed by atoms with Gasteiger partial charge >= 0.3 is 6.18 Å². The quantitative estimate of drug-likeness (QED) is 0.768. The van der Waals surface area contributed by atoms with E-state index in [0.717, 1.165) is 12.1 Å². The van der Waals surface area contributed by atoms with Crippen LogP contribution in [0.25, 0.3) is 0 Å². The first-order chi connectivity index (χ1) is 9.33. The summed E-state index contributed by atoms with van der Waals surface area (Å²) in [6.07, 6.45) is -3.74. The molecule has 1 aromatic carbocycles. The highest BCUT2D eigenvalue weighted by atomic mass is 19.4. The Morgan fingerprint density at radius 2 is 1.90 bits per heavy atom. The number of rotatable bonds is 7. The molecule has 1 N–H and O–H groups in total. The summed E-state index contributed by atoms with van der Waals surface area (Å²) in [5, 5.41) is 3.28. The lowest BCUT2D eigenvalue weighted by atomic mass is 9.99. The minimum atomic E-state index is -4.26. The largest absolute Gasteiger partial charge is 0.411 e. The van der Waals surface area contributed by atoms with Crippen LogP contribution in [0.5, 0.6) is 0 Å². The van der Waals surface area contributed by atoms with E-state index in [4.69, 9.17) is 0 Å². The lowest BCUT2D eigenvalue weighted by Gasteiger charge is -2.19. The Balaban J connectivity index is 2.57. The van der Waals surface area contributed by atoms with Crippen LogP contribution in [0.2, 0.25) is 0 Å². The number of hydrogen-bond donors (Lipinski definition) is 1. The predicted molar refractivity (Wildman–Crippen MR) is 73.8 cm³/mol. The van der Waals surface area contributed by atoms with E-state index in [1.807, 2.05) is 32.9 Å². The molecular formula is C15H22F3NO. The number of benzene rings is 1. The Morgan fingerprint density at radius 3 is 2.45 bits per heavy atom. The average Bonchev–Trinajstić information content (AvgIpc) is 2.35. The third kappa shape index (κ3) is 5.92. The van der Waals surface area contributed by atoms with Crippen LogP contribution in [0.15, 0.2) is 18.2 Å². The maximum Gasteiger partial charge on any atom is 0.411 e. The van der Waals surface area contributed by atoms with Gasteiger partial charge in [-0.1, -0.05) is 25.1 Å². The fourth-order valence-electron chi connectivity index (χ4n) is 2.00. The van der Waals surface area contributed by atoms with E-state index in [1.54, 1.807) is 0 Å². The van der Waals surface area contributed by atoms with Gasteiger partial charge in [0, 0.05) is 12.6 Å². The zero-order chi connectivity index (χ0) is 15.2. The molecule has 5 heteroatoms. The van der Waals surface area contributed by atoms with E-state index >= 15 is 0 Å². The minimum Gasteiger partial charge on any atom is -0.372 e. The average molecular weight is 289 g/mol. The molecule has 0 fully saturated rings. The molecule has 0 aliphatic rings. The van der Waals surface area contributed by atoms with Gasteiger partial charge in [0.15, 0.2) is 0 Å². The summed E-state index contributed by atoms with van der Waals surface area (Å²) in [6.45, 7) is 5.71. The van der Waals surface area contributed by atoms with Crippen molar-refractivity contribution in [2.75, 3.05) is 19.8 Å². The minimum absolute atomic E-state index is 0.0209. The van der Waals surface area contributed by atoms with E-state index in [2.05, 4.69) is 16.1 Å². The Morgan fingerprint density at radius 1 is 1.20 bits per heavy atom. The van der Waals surface area contributed by atoms with Gasteiger partial charge in [0.2, 0.25) is 0 Å². The van der Waals surface area contributed by atoms with Crippen LogP contribution in [-0.4, -0.2) is 25.9 Å². The third-order valence-corrected chi connectivity index (χ3v) is 3.20. The summed E-state index contributed by atoms with van der Waals surface area (Å²) >= 11 is 0. The van der Waals surface area contributed by atoms with Crippen molar-refractivity contribution in [3.63, 3.8) is 0 Å². The number of halogens is 3. The number of hydrogen-bond acceptors (Lipinski definition) is 2. The second-order valence-electron chi connectivity index (χ2n) is 4.91. The smallest absolute Gasteiger partial charge is 0.372 e. The molecule has 0 amide bonds. The van der Waals surface area contributed by atoms with Crippen molar-refractivity contribution < 1.29 is 17.9 Å². The van der Waals surface area contributed by atoms with Crippen LogP contribution in [0.1, 0.15) is 36.1 Å². The number of aryl methyl sites for hydroxylation is 2. The molecule has 0 radical (unpaired) electrons. The van der Waals surface area contributed by atoms with E-state index < -0.39 is 12.8 Å². The van der Waals surface area contributed by atoms with Gasteiger partial charge in [0.05, 0.1) is 0 Å². The Kier molecular flexibility index (Phi) is 6.49. The van der Waals surface area contributed by atoms with E-state index in [-0.39, 0.29) is 12.6 Å². The summed E-state index contributed by atoms with van der Waals surface area (Å²) in [5.74, 6) is 0. The topological polar surface area (TPSA) is 21.3 Å². The van der Waals surface area contributed by atoms with Gasteiger partial charge in [0.1, 0.15) is 6.61 Å². The molecule has 2 nitrogen and oxygen atoms in total. The Labute approximate surface area is 118 Å². The molecule has 0 spiro atoms. The fraction of sp³-hybridized carbons (Fsp3) is 0.600. The predicted octanol–water partition coefficient (Wildman–Crippen LogP) is 3.92. The van der Waals surface area contributed by atoms with Crippen molar-refractivity contribution in [2.24, 2.45) is 0 Å². The Hall–Kier alpha value is -1.07. The van der Waals surface area contributed by atoms with Crippen LogP contribution in [0.3, 0.4) is 0 Å². The third-order valence-electron chi connectivity index (χ3n) is 3.20. The molecule has 0 aromatic heterocycles. The second kappa shape index (κ2) is 7.64. The Bertz CT molecular complexity index is 418. The van der Waals surface area contributed by atoms with Crippen molar-refractivity contribution in [3.8, 4) is 0 Å². The molecule has 0 saturated heterocycles. The summed E-state index contributed by atoms with van der Waals surface area (Å²) < 4.78 is 40.7. The first-order valence-electron chi connectivity index (χ1n) is 6.78. The fourth-order valence-corrected chi connectivity index (χ4v) is 2.00. The zero-order valence-corrected chi connectivity index (χ0v) is 12.2. The molecule has 1 rings (SSSR count). The summed E-state index contributed by atoms with van der Waals surface area (Å²) in [6, 6.07) is 6.14. The maximum atomic E-state index is 12.0. The second-order valence-corrected chi connectivity index (χ2v) is 4.91. The van der Waals surface area contributed by atoms with Crippen molar-refractivity contribution >= 4 is 0 Å². The zero-order valence-electron chi connectivity index (χ0n) is 12.2. The molecule has 1 atom stereocenters. The van der Waals surface area contributed by atoms with E-state index in [1.165, 1.54) is 11.1 Å². The molecule has 1 unspecified atom stereocenters. The van der Waals surface area contributed by atoms with Crippen LogP contribution < -0.4 is 5.32 Å². The summed E-state index contributed by atoms with van der Waals surface area (Å²) in [4.78, 5) is 0. The van der Waals surface area contributed by atoms with Crippen molar-refractivity contribution in [1.82, 2.24) is 5.32 Å². The lowest BCUT2D eigenvalue weighted by molar-refractivity contribution is -0.174. The van der Waals surface area contributed by atoms with Gasteiger partial charge in [-0.25, -0.2) is 0 Å². The van der Waals surface area contributed by atoms with Crippen LogP contribution in [0, 0.1) is 13.8 Å². The number of alkyl halides is 3. The molecular weight excluding hydrogens is 267 g/mol. The van der Waals surface area contributed by atoms with Gasteiger partial charge in [0.25, 0.3) is 0 Å². The van der Waals surface area contributed by atoms with Gasteiger partial charge in [-0.05, 0) is 43.5 Å². The summed E-state index contributed by atoms with van der Waals surface area (Å²) in [5.41, 5.74) is 3.48. The normalized spacial score (nSPS) is 13.5. The molecule has 20 heavy (non-hydrogen) atoms. The van der Waals surface area contributed by atoms with E-state index in [0.29, 0.717) is 6.42 Å². The molecule has 114 valence electrons. The highest BCUT2D eigenvalue weighted by molar-refractivity contribution is 5.31. The molecule has 0 heterocycles. The van der Waals surface area contributed by atoms with Gasteiger partial charge in [-0.15, -0.1) is 0 Å². The monoisotopic (exact) mass is 289 g/mol. The van der Waals surface area contributed by atoms with Gasteiger partial charge in [-0.2, -0.15) is 13.2 Å². The van der Waals surface area contributed by atoms with Crippen molar-refractivity contribution in [2.45, 2.75) is 39.4 Å². The van der Waals surface area contributed by atoms with Crippen LogP contribution >= 0.6 is 0 Å². The van der Waals surface area contributed by atoms with Crippen molar-refractivity contribution in [3.05, 3.63) is 34.9 Å². The molecule has 0 aliphatic carbocycles. The first-order valence-corrected chi connectivity index (χ1v) is 6.78. The molecule has 1 aromatic rings. The number of nitrogens with one attached hydrogen (secondary N) is 1. The maximum absolute atomic E-state index is 12.0.